The Morgan fingerprint density at radius 3 is 2.42 bits per heavy atom. The zero-order chi connectivity index (χ0) is 25.4. The van der Waals surface area contributed by atoms with Crippen molar-refractivity contribution in [2.45, 2.75) is 39.2 Å². The maximum Gasteiger partial charge on any atom is 0.219 e. The molecular formula is C28H30FN3O4. The molecule has 1 amide bonds. The van der Waals surface area contributed by atoms with Crippen LogP contribution in [0.25, 0.3) is 22.5 Å². The number of benzene rings is 2. The normalized spacial score (nSPS) is 17.1. The third kappa shape index (κ3) is 4.25. The fraction of sp³-hybridized carbons (Fsp3) is 0.393. The fourth-order valence-corrected chi connectivity index (χ4v) is 5.38. The van der Waals surface area contributed by atoms with Crippen LogP contribution in [0.5, 0.6) is 11.5 Å². The third-order valence-electron chi connectivity index (χ3n) is 7.32. The predicted molar refractivity (Wildman–Crippen MR) is 134 cm³/mol. The lowest BCUT2D eigenvalue weighted by Crippen LogP contribution is -2.30. The number of ketones is 1. The molecule has 3 heterocycles. The molecule has 1 saturated heterocycles. The van der Waals surface area contributed by atoms with Gasteiger partial charge in [0.05, 0.1) is 25.6 Å². The SMILES string of the molecule is COc1cc2c(cc1OC)-c1c(-c3ccc(F)cc3)nc(C(=O)C3CCCN(C(C)=O)CC3)n1CC2. The van der Waals surface area contributed by atoms with Crippen molar-refractivity contribution < 1.29 is 23.5 Å². The minimum atomic E-state index is -0.330. The summed E-state index contributed by atoms with van der Waals surface area (Å²) in [5.41, 5.74) is 4.21. The molecular weight excluding hydrogens is 461 g/mol. The third-order valence-corrected chi connectivity index (χ3v) is 7.32. The van der Waals surface area contributed by atoms with E-state index in [1.54, 1.807) is 33.3 Å². The molecule has 188 valence electrons. The number of hydrogen-bond acceptors (Lipinski definition) is 5. The zero-order valence-corrected chi connectivity index (χ0v) is 20.8. The molecule has 0 N–H and O–H groups in total. The maximum absolute atomic E-state index is 13.8. The number of amides is 1. The number of hydrogen-bond donors (Lipinski definition) is 0. The van der Waals surface area contributed by atoms with Crippen LogP contribution in [0, 0.1) is 11.7 Å². The van der Waals surface area contributed by atoms with Gasteiger partial charge in [-0.1, -0.05) is 0 Å². The number of ether oxygens (including phenoxy) is 2. The Balaban J connectivity index is 1.62. The monoisotopic (exact) mass is 491 g/mol. The molecule has 2 aliphatic heterocycles. The molecule has 7 nitrogen and oxygen atoms in total. The Kier molecular flexibility index (Phi) is 6.51. The summed E-state index contributed by atoms with van der Waals surface area (Å²) in [6, 6.07) is 10.1. The van der Waals surface area contributed by atoms with Gasteiger partial charge in [-0.25, -0.2) is 9.37 Å². The van der Waals surface area contributed by atoms with Crippen molar-refractivity contribution in [1.29, 1.82) is 0 Å². The summed E-state index contributed by atoms with van der Waals surface area (Å²) in [5, 5.41) is 0. The van der Waals surface area contributed by atoms with E-state index in [1.165, 1.54) is 12.1 Å². The zero-order valence-electron chi connectivity index (χ0n) is 20.8. The molecule has 8 heteroatoms. The van der Waals surface area contributed by atoms with Gasteiger partial charge in [0.15, 0.2) is 17.3 Å². The highest BCUT2D eigenvalue weighted by molar-refractivity contribution is 5.98. The molecule has 0 bridgehead atoms. The molecule has 1 atom stereocenters. The minimum absolute atomic E-state index is 0.000981. The van der Waals surface area contributed by atoms with Crippen LogP contribution in [0.1, 0.15) is 42.4 Å². The van der Waals surface area contributed by atoms with E-state index < -0.39 is 0 Å². The average molecular weight is 492 g/mol. The van der Waals surface area contributed by atoms with E-state index in [1.807, 2.05) is 21.6 Å². The Bertz CT molecular complexity index is 1320. The van der Waals surface area contributed by atoms with Crippen LogP contribution in [-0.4, -0.2) is 53.5 Å². The molecule has 0 spiro atoms. The highest BCUT2D eigenvalue weighted by Crippen LogP contribution is 2.43. The van der Waals surface area contributed by atoms with Crippen molar-refractivity contribution in [1.82, 2.24) is 14.5 Å². The lowest BCUT2D eigenvalue weighted by molar-refractivity contribution is -0.128. The first-order valence-corrected chi connectivity index (χ1v) is 12.3. The second-order valence-corrected chi connectivity index (χ2v) is 9.40. The number of halogens is 1. The number of carbonyl (C=O) groups excluding carboxylic acids is 2. The summed E-state index contributed by atoms with van der Waals surface area (Å²) in [4.78, 5) is 32.4. The Hall–Kier alpha value is -3.68. The van der Waals surface area contributed by atoms with Crippen molar-refractivity contribution in [3.05, 3.63) is 53.6 Å². The molecule has 36 heavy (non-hydrogen) atoms. The van der Waals surface area contributed by atoms with Gasteiger partial charge in [-0.15, -0.1) is 0 Å². The van der Waals surface area contributed by atoms with Gasteiger partial charge in [0.2, 0.25) is 11.7 Å². The number of nitrogens with zero attached hydrogens (tertiary/aromatic N) is 3. The highest BCUT2D eigenvalue weighted by Gasteiger charge is 2.33. The smallest absolute Gasteiger partial charge is 0.219 e. The molecule has 1 aromatic heterocycles. The fourth-order valence-electron chi connectivity index (χ4n) is 5.38. The van der Waals surface area contributed by atoms with Gasteiger partial charge in [-0.05, 0) is 67.6 Å². The van der Waals surface area contributed by atoms with Crippen LogP contribution in [0.4, 0.5) is 4.39 Å². The second-order valence-electron chi connectivity index (χ2n) is 9.40. The minimum Gasteiger partial charge on any atom is -0.493 e. The number of methoxy groups -OCH3 is 2. The molecule has 2 aromatic carbocycles. The van der Waals surface area contributed by atoms with Crippen LogP contribution >= 0.6 is 0 Å². The molecule has 2 aliphatic rings. The molecule has 1 unspecified atom stereocenters. The largest absolute Gasteiger partial charge is 0.493 e. The summed E-state index contributed by atoms with van der Waals surface area (Å²) in [5.74, 6) is 1.18. The molecule has 1 fully saturated rings. The first-order valence-electron chi connectivity index (χ1n) is 12.3. The van der Waals surface area contributed by atoms with Gasteiger partial charge >= 0.3 is 0 Å². The number of aromatic nitrogens is 2. The van der Waals surface area contributed by atoms with Gasteiger partial charge in [0, 0.05) is 43.6 Å². The van der Waals surface area contributed by atoms with Crippen molar-refractivity contribution in [3.63, 3.8) is 0 Å². The van der Waals surface area contributed by atoms with Gasteiger partial charge < -0.3 is 18.9 Å². The standard InChI is InChI=1S/C28H30FN3O4/c1-17(33)31-12-4-5-19(10-13-31)27(34)28-30-25(18-6-8-21(29)9-7-18)26-22-16-24(36-3)23(35-2)15-20(22)11-14-32(26)28/h6-9,15-16,19H,4-5,10-14H2,1-3H3. The molecule has 3 aromatic rings. The molecule has 0 saturated carbocycles. The summed E-state index contributed by atoms with van der Waals surface area (Å²) < 4.78 is 26.8. The van der Waals surface area contributed by atoms with Crippen LogP contribution in [0.15, 0.2) is 36.4 Å². The maximum atomic E-state index is 13.8. The number of aryl methyl sites for hydroxylation is 1. The first-order chi connectivity index (χ1) is 17.4. The van der Waals surface area contributed by atoms with Crippen LogP contribution in [-0.2, 0) is 17.8 Å². The van der Waals surface area contributed by atoms with Crippen molar-refractivity contribution in [2.75, 3.05) is 27.3 Å². The molecule has 5 rings (SSSR count). The quantitative estimate of drug-likeness (QED) is 0.481. The Labute approximate surface area is 209 Å². The summed E-state index contributed by atoms with van der Waals surface area (Å²) in [6.07, 6.45) is 2.84. The van der Waals surface area contributed by atoms with Crippen LogP contribution in [0.3, 0.4) is 0 Å². The van der Waals surface area contributed by atoms with Crippen LogP contribution < -0.4 is 9.47 Å². The van der Waals surface area contributed by atoms with E-state index in [-0.39, 0.29) is 23.4 Å². The summed E-state index contributed by atoms with van der Waals surface area (Å²) in [6.45, 7) is 3.42. The number of fused-ring (bicyclic) bond motifs is 3. The van der Waals surface area contributed by atoms with E-state index in [0.29, 0.717) is 55.5 Å². The van der Waals surface area contributed by atoms with Crippen LogP contribution in [0.2, 0.25) is 0 Å². The lowest BCUT2D eigenvalue weighted by atomic mass is 9.93. The number of Topliss-reactive ketones (excluding diaryl/α,β-unsaturated/α-hetero) is 1. The van der Waals surface area contributed by atoms with E-state index in [2.05, 4.69) is 0 Å². The van der Waals surface area contributed by atoms with Crippen molar-refractivity contribution >= 4 is 11.7 Å². The topological polar surface area (TPSA) is 73.7 Å². The first kappa shape index (κ1) is 24.0. The predicted octanol–water partition coefficient (Wildman–Crippen LogP) is 4.76. The number of imidazole rings is 1. The highest BCUT2D eigenvalue weighted by atomic mass is 19.1. The molecule has 0 aliphatic carbocycles. The van der Waals surface area contributed by atoms with Gasteiger partial charge in [-0.2, -0.15) is 0 Å². The Morgan fingerprint density at radius 2 is 1.72 bits per heavy atom. The number of likely N-dealkylation sites (tertiary alicyclic amines) is 1. The number of rotatable bonds is 5. The number of carbonyl (C=O) groups is 2. The summed E-state index contributed by atoms with van der Waals surface area (Å²) >= 11 is 0. The van der Waals surface area contributed by atoms with Gasteiger partial charge in [0.25, 0.3) is 0 Å². The van der Waals surface area contributed by atoms with E-state index in [9.17, 15) is 14.0 Å². The Morgan fingerprint density at radius 1 is 1.00 bits per heavy atom. The van der Waals surface area contributed by atoms with E-state index >= 15 is 0 Å². The van der Waals surface area contributed by atoms with Gasteiger partial charge in [-0.3, -0.25) is 9.59 Å². The van der Waals surface area contributed by atoms with Crippen molar-refractivity contribution in [2.24, 2.45) is 5.92 Å². The lowest BCUT2D eigenvalue weighted by Gasteiger charge is -2.23. The van der Waals surface area contributed by atoms with E-state index in [4.69, 9.17) is 14.5 Å². The van der Waals surface area contributed by atoms with E-state index in [0.717, 1.165) is 35.2 Å². The second kappa shape index (κ2) is 9.76. The van der Waals surface area contributed by atoms with Crippen molar-refractivity contribution in [3.8, 4) is 34.0 Å². The summed E-state index contributed by atoms with van der Waals surface area (Å²) in [7, 11) is 3.20. The molecule has 0 radical (unpaired) electrons. The van der Waals surface area contributed by atoms with Gasteiger partial charge in [0.1, 0.15) is 5.82 Å². The average Bonchev–Trinajstić information content (AvgIpc) is 3.09.